The summed E-state index contributed by atoms with van der Waals surface area (Å²) >= 11 is 0. The molecule has 0 N–H and O–H groups in total. The number of hydrogen-bond donors (Lipinski definition) is 0. The van der Waals surface area contributed by atoms with Crippen LogP contribution in [0.15, 0.2) is 6.07 Å². The Bertz CT molecular complexity index is 699. The van der Waals surface area contributed by atoms with Gasteiger partial charge >= 0.3 is 6.18 Å². The topological polar surface area (TPSA) is 49.3 Å². The van der Waals surface area contributed by atoms with Crippen molar-refractivity contribution in [2.24, 2.45) is 5.92 Å². The predicted octanol–water partition coefficient (Wildman–Crippen LogP) is 3.28. The van der Waals surface area contributed by atoms with Crippen LogP contribution in [-0.2, 0) is 11.0 Å². The van der Waals surface area contributed by atoms with E-state index in [1.54, 1.807) is 4.90 Å². The molecule has 1 unspecified atom stereocenters. The first-order chi connectivity index (χ1) is 12.5. The van der Waals surface area contributed by atoms with E-state index in [0.29, 0.717) is 19.4 Å². The number of alkyl halides is 5. The standard InChI is InChI=1S/C17H21F5N4O/c1-11-23-13(17(20,21)22)9-14(24-11)26-6-2-3-12(10-26)15(27)25-7-4-16(18,19)5-8-25/h9,12H,2-8,10H2,1H3. The number of aryl methyl sites for hydroxylation is 1. The minimum Gasteiger partial charge on any atom is -0.356 e. The SMILES string of the molecule is Cc1nc(N2CCCC(C(=O)N3CCC(F)(F)CC3)C2)cc(C(F)(F)F)n1. The highest BCUT2D eigenvalue weighted by atomic mass is 19.4. The zero-order chi connectivity index (χ0) is 19.8. The van der Waals surface area contributed by atoms with Crippen LogP contribution in [0.3, 0.4) is 0 Å². The van der Waals surface area contributed by atoms with E-state index in [2.05, 4.69) is 9.97 Å². The van der Waals surface area contributed by atoms with Crippen molar-refractivity contribution < 1.29 is 26.7 Å². The molecule has 0 bridgehead atoms. The van der Waals surface area contributed by atoms with Gasteiger partial charge < -0.3 is 9.80 Å². The number of likely N-dealkylation sites (tertiary alicyclic amines) is 1. The lowest BCUT2D eigenvalue weighted by atomic mass is 9.95. The van der Waals surface area contributed by atoms with Gasteiger partial charge in [-0.25, -0.2) is 18.7 Å². The van der Waals surface area contributed by atoms with Gasteiger partial charge in [0, 0.05) is 45.1 Å². The molecular formula is C17H21F5N4O. The van der Waals surface area contributed by atoms with Gasteiger partial charge in [-0.2, -0.15) is 13.2 Å². The lowest BCUT2D eigenvalue weighted by molar-refractivity contribution is -0.142. The second-order valence-electron chi connectivity index (χ2n) is 7.12. The average Bonchev–Trinajstić information content (AvgIpc) is 2.60. The Labute approximate surface area is 153 Å². The van der Waals surface area contributed by atoms with Crippen molar-refractivity contribution in [3.8, 4) is 0 Å². The fraction of sp³-hybridized carbons (Fsp3) is 0.706. The van der Waals surface area contributed by atoms with Gasteiger partial charge in [0.2, 0.25) is 5.91 Å². The molecule has 3 heterocycles. The fourth-order valence-electron chi connectivity index (χ4n) is 3.56. The number of carbonyl (C=O) groups is 1. The predicted molar refractivity (Wildman–Crippen MR) is 87.5 cm³/mol. The van der Waals surface area contributed by atoms with Gasteiger partial charge in [-0.1, -0.05) is 0 Å². The first kappa shape index (κ1) is 19.8. The van der Waals surface area contributed by atoms with Crippen molar-refractivity contribution >= 4 is 11.7 Å². The second-order valence-corrected chi connectivity index (χ2v) is 7.12. The van der Waals surface area contributed by atoms with E-state index in [-0.39, 0.29) is 50.0 Å². The van der Waals surface area contributed by atoms with E-state index in [0.717, 1.165) is 6.07 Å². The Morgan fingerprint density at radius 1 is 1.19 bits per heavy atom. The van der Waals surface area contributed by atoms with Gasteiger partial charge in [-0.3, -0.25) is 4.79 Å². The molecule has 0 aromatic carbocycles. The molecule has 2 saturated heterocycles. The number of anilines is 1. The number of aromatic nitrogens is 2. The van der Waals surface area contributed by atoms with Crippen LogP contribution in [-0.4, -0.2) is 52.9 Å². The molecule has 2 aliphatic rings. The highest BCUT2D eigenvalue weighted by molar-refractivity contribution is 5.80. The number of amides is 1. The molecule has 150 valence electrons. The number of halogens is 5. The summed E-state index contributed by atoms with van der Waals surface area (Å²) in [6, 6.07) is 0.890. The summed E-state index contributed by atoms with van der Waals surface area (Å²) in [5, 5.41) is 0. The van der Waals surface area contributed by atoms with Gasteiger partial charge in [-0.05, 0) is 19.8 Å². The van der Waals surface area contributed by atoms with E-state index in [4.69, 9.17) is 0 Å². The number of hydrogen-bond acceptors (Lipinski definition) is 4. The largest absolute Gasteiger partial charge is 0.433 e. The fourth-order valence-corrected chi connectivity index (χ4v) is 3.56. The molecule has 0 aliphatic carbocycles. The molecule has 3 rings (SSSR count). The van der Waals surface area contributed by atoms with Crippen LogP contribution in [0.2, 0.25) is 0 Å². The number of piperidine rings is 2. The maximum absolute atomic E-state index is 13.3. The first-order valence-electron chi connectivity index (χ1n) is 8.90. The highest BCUT2D eigenvalue weighted by Gasteiger charge is 2.39. The monoisotopic (exact) mass is 392 g/mol. The zero-order valence-corrected chi connectivity index (χ0v) is 14.9. The molecule has 1 aromatic heterocycles. The molecule has 1 amide bonds. The lowest BCUT2D eigenvalue weighted by Crippen LogP contribution is -2.49. The zero-order valence-electron chi connectivity index (χ0n) is 14.9. The molecule has 2 fully saturated rings. The number of carbonyl (C=O) groups excluding carboxylic acids is 1. The van der Waals surface area contributed by atoms with E-state index < -0.39 is 23.7 Å². The molecule has 27 heavy (non-hydrogen) atoms. The van der Waals surface area contributed by atoms with E-state index in [1.165, 1.54) is 11.8 Å². The van der Waals surface area contributed by atoms with Crippen molar-refractivity contribution in [1.82, 2.24) is 14.9 Å². The van der Waals surface area contributed by atoms with Crippen molar-refractivity contribution in [2.75, 3.05) is 31.1 Å². The van der Waals surface area contributed by atoms with Crippen molar-refractivity contribution in [1.29, 1.82) is 0 Å². The van der Waals surface area contributed by atoms with Crippen molar-refractivity contribution in [3.63, 3.8) is 0 Å². The van der Waals surface area contributed by atoms with Gasteiger partial charge in [0.25, 0.3) is 5.92 Å². The normalized spacial score (nSPS) is 23.4. The van der Waals surface area contributed by atoms with Crippen LogP contribution in [0.25, 0.3) is 0 Å². The Balaban J connectivity index is 1.71. The van der Waals surface area contributed by atoms with E-state index >= 15 is 0 Å². The van der Waals surface area contributed by atoms with Gasteiger partial charge in [0.1, 0.15) is 17.3 Å². The summed E-state index contributed by atoms with van der Waals surface area (Å²) in [6.45, 7) is 2.11. The summed E-state index contributed by atoms with van der Waals surface area (Å²) in [7, 11) is 0. The maximum Gasteiger partial charge on any atom is 0.433 e. The first-order valence-corrected chi connectivity index (χ1v) is 8.90. The van der Waals surface area contributed by atoms with Crippen LogP contribution in [0.4, 0.5) is 27.8 Å². The third-order valence-electron chi connectivity index (χ3n) is 5.02. The Morgan fingerprint density at radius 2 is 1.85 bits per heavy atom. The Hall–Kier alpha value is -2.00. The molecule has 10 heteroatoms. The third-order valence-corrected chi connectivity index (χ3v) is 5.02. The minimum absolute atomic E-state index is 0.00605. The molecule has 1 aromatic rings. The summed E-state index contributed by atoms with van der Waals surface area (Å²) < 4.78 is 65.6. The smallest absolute Gasteiger partial charge is 0.356 e. The quantitative estimate of drug-likeness (QED) is 0.725. The average molecular weight is 392 g/mol. The van der Waals surface area contributed by atoms with Gasteiger partial charge in [-0.15, -0.1) is 0 Å². The summed E-state index contributed by atoms with van der Waals surface area (Å²) in [4.78, 5) is 23.3. The molecule has 1 atom stereocenters. The third kappa shape index (κ3) is 4.65. The van der Waals surface area contributed by atoms with Crippen LogP contribution in [0, 0.1) is 12.8 Å². The molecular weight excluding hydrogens is 371 g/mol. The van der Waals surface area contributed by atoms with Gasteiger partial charge in [0.15, 0.2) is 0 Å². The number of rotatable bonds is 2. The highest BCUT2D eigenvalue weighted by Crippen LogP contribution is 2.32. The molecule has 5 nitrogen and oxygen atoms in total. The van der Waals surface area contributed by atoms with Crippen LogP contribution < -0.4 is 4.90 Å². The molecule has 2 aliphatic heterocycles. The Morgan fingerprint density at radius 3 is 2.48 bits per heavy atom. The van der Waals surface area contributed by atoms with Crippen LogP contribution in [0.1, 0.15) is 37.2 Å². The van der Waals surface area contributed by atoms with Gasteiger partial charge in [0.05, 0.1) is 5.92 Å². The Kier molecular flexibility index (Phi) is 5.27. The second kappa shape index (κ2) is 7.20. The van der Waals surface area contributed by atoms with Crippen LogP contribution in [0.5, 0.6) is 0 Å². The van der Waals surface area contributed by atoms with E-state index in [9.17, 15) is 26.7 Å². The minimum atomic E-state index is -4.58. The van der Waals surface area contributed by atoms with Crippen LogP contribution >= 0.6 is 0 Å². The molecule has 0 radical (unpaired) electrons. The van der Waals surface area contributed by atoms with Crippen molar-refractivity contribution in [3.05, 3.63) is 17.6 Å². The van der Waals surface area contributed by atoms with Crippen molar-refractivity contribution in [2.45, 2.75) is 44.7 Å². The summed E-state index contributed by atoms with van der Waals surface area (Å²) in [5.41, 5.74) is -1.02. The summed E-state index contributed by atoms with van der Waals surface area (Å²) in [6.07, 6.45) is -4.08. The lowest BCUT2D eigenvalue weighted by Gasteiger charge is -2.38. The molecule has 0 saturated carbocycles. The molecule has 0 spiro atoms. The number of nitrogens with zero attached hydrogens (tertiary/aromatic N) is 4. The van der Waals surface area contributed by atoms with E-state index in [1.807, 2.05) is 0 Å². The maximum atomic E-state index is 13.3. The summed E-state index contributed by atoms with van der Waals surface area (Å²) in [5.74, 6) is -3.24.